The molecule has 2 aliphatic rings. The van der Waals surface area contributed by atoms with Crippen molar-refractivity contribution in [3.05, 3.63) is 71.8 Å². The minimum absolute atomic E-state index is 0. The van der Waals surface area contributed by atoms with E-state index in [9.17, 15) is 4.79 Å². The Kier molecular flexibility index (Phi) is 7.67. The van der Waals surface area contributed by atoms with Crippen LogP contribution in [0.3, 0.4) is 0 Å². The van der Waals surface area contributed by atoms with Crippen LogP contribution in [0.1, 0.15) is 31.4 Å². The number of benzene rings is 2. The highest BCUT2D eigenvalue weighted by molar-refractivity contribution is 5.69. The average Bonchev–Trinajstić information content (AvgIpc) is 3.34. The summed E-state index contributed by atoms with van der Waals surface area (Å²) in [5.41, 5.74) is 2.55. The standard InChI is InChI=1S/C23H29N3O2.CH4/c27-23-26(19-24-13-7-8-14-24)18-22(28-23)17-25(15-20-9-3-1-4-10-20)16-21-11-5-2-6-12-21;/h1-6,9-12,22H,7-8,13-19H2;1H4/t22-;/m1./s1. The summed E-state index contributed by atoms with van der Waals surface area (Å²) in [6.07, 6.45) is 2.21. The maximum absolute atomic E-state index is 12.3. The lowest BCUT2D eigenvalue weighted by Gasteiger charge is -2.25. The van der Waals surface area contributed by atoms with Crippen LogP contribution in [0.25, 0.3) is 0 Å². The summed E-state index contributed by atoms with van der Waals surface area (Å²) in [6.45, 7) is 5.98. The zero-order chi connectivity index (χ0) is 19.2. The lowest BCUT2D eigenvalue weighted by molar-refractivity contribution is 0.0994. The molecule has 2 aliphatic heterocycles. The van der Waals surface area contributed by atoms with Crippen molar-refractivity contribution >= 4 is 6.09 Å². The van der Waals surface area contributed by atoms with E-state index >= 15 is 0 Å². The molecule has 5 nitrogen and oxygen atoms in total. The molecular formula is C24H33N3O2. The third-order valence-corrected chi connectivity index (χ3v) is 5.48. The largest absolute Gasteiger partial charge is 0.443 e. The number of cyclic esters (lactones) is 1. The number of likely N-dealkylation sites (tertiary alicyclic amines) is 1. The van der Waals surface area contributed by atoms with Gasteiger partial charge in [-0.1, -0.05) is 68.1 Å². The molecule has 2 aromatic carbocycles. The van der Waals surface area contributed by atoms with Crippen molar-refractivity contribution in [3.8, 4) is 0 Å². The molecule has 1 amide bonds. The van der Waals surface area contributed by atoms with Crippen molar-refractivity contribution in [2.45, 2.75) is 39.5 Å². The lowest BCUT2D eigenvalue weighted by atomic mass is 10.1. The Morgan fingerprint density at radius 3 is 2.00 bits per heavy atom. The first-order chi connectivity index (χ1) is 13.8. The minimum Gasteiger partial charge on any atom is -0.443 e. The first-order valence-electron chi connectivity index (χ1n) is 10.2. The van der Waals surface area contributed by atoms with Crippen LogP contribution in [0.15, 0.2) is 60.7 Å². The third kappa shape index (κ3) is 6.05. The van der Waals surface area contributed by atoms with Crippen LogP contribution < -0.4 is 0 Å². The van der Waals surface area contributed by atoms with Crippen LogP contribution in [0, 0.1) is 0 Å². The average molecular weight is 396 g/mol. The molecule has 0 saturated carbocycles. The van der Waals surface area contributed by atoms with Gasteiger partial charge in [-0.25, -0.2) is 4.79 Å². The molecule has 2 saturated heterocycles. The molecule has 29 heavy (non-hydrogen) atoms. The van der Waals surface area contributed by atoms with Gasteiger partial charge < -0.3 is 4.74 Å². The van der Waals surface area contributed by atoms with Crippen LogP contribution in [0.5, 0.6) is 0 Å². The SMILES string of the molecule is C.O=C1O[C@H](CN(Cc2ccccc2)Cc2ccccc2)CN1CN1CCCC1. The van der Waals surface area contributed by atoms with E-state index in [-0.39, 0.29) is 19.6 Å². The second-order valence-electron chi connectivity index (χ2n) is 7.84. The number of carbonyl (C=O) groups excluding carboxylic acids is 1. The molecule has 4 rings (SSSR count). The van der Waals surface area contributed by atoms with Gasteiger partial charge >= 0.3 is 6.09 Å². The summed E-state index contributed by atoms with van der Waals surface area (Å²) < 4.78 is 5.71. The van der Waals surface area contributed by atoms with Crippen LogP contribution in [-0.4, -0.2) is 59.7 Å². The number of nitrogens with zero attached hydrogens (tertiary/aromatic N) is 3. The molecule has 156 valence electrons. The van der Waals surface area contributed by atoms with Gasteiger partial charge in [0.1, 0.15) is 6.10 Å². The summed E-state index contributed by atoms with van der Waals surface area (Å²) in [5.74, 6) is 0. The van der Waals surface area contributed by atoms with Crippen LogP contribution >= 0.6 is 0 Å². The van der Waals surface area contributed by atoms with Crippen LogP contribution in [0.4, 0.5) is 4.79 Å². The first kappa shape index (κ1) is 21.3. The molecule has 0 aromatic heterocycles. The smallest absolute Gasteiger partial charge is 0.411 e. The molecule has 0 spiro atoms. The summed E-state index contributed by atoms with van der Waals surface area (Å²) in [5, 5.41) is 0. The van der Waals surface area contributed by atoms with Crippen molar-refractivity contribution < 1.29 is 9.53 Å². The second kappa shape index (κ2) is 10.4. The van der Waals surface area contributed by atoms with E-state index in [1.165, 1.54) is 24.0 Å². The van der Waals surface area contributed by atoms with Crippen molar-refractivity contribution in [2.24, 2.45) is 0 Å². The number of ether oxygens (including phenoxy) is 1. The number of amides is 1. The highest BCUT2D eigenvalue weighted by Gasteiger charge is 2.33. The second-order valence-corrected chi connectivity index (χ2v) is 7.84. The van der Waals surface area contributed by atoms with E-state index < -0.39 is 0 Å². The van der Waals surface area contributed by atoms with E-state index in [1.807, 2.05) is 17.0 Å². The Hall–Kier alpha value is -2.37. The van der Waals surface area contributed by atoms with Gasteiger partial charge in [0, 0.05) is 19.6 Å². The molecule has 0 aliphatic carbocycles. The van der Waals surface area contributed by atoms with Gasteiger partial charge in [0.2, 0.25) is 0 Å². The van der Waals surface area contributed by atoms with Crippen LogP contribution in [0.2, 0.25) is 0 Å². The Balaban J connectivity index is 0.00000240. The van der Waals surface area contributed by atoms with Crippen LogP contribution in [-0.2, 0) is 17.8 Å². The highest BCUT2D eigenvalue weighted by atomic mass is 16.6. The Morgan fingerprint density at radius 1 is 0.897 bits per heavy atom. The summed E-state index contributed by atoms with van der Waals surface area (Å²) in [7, 11) is 0. The topological polar surface area (TPSA) is 36.0 Å². The van der Waals surface area contributed by atoms with Crippen molar-refractivity contribution in [1.82, 2.24) is 14.7 Å². The van der Waals surface area contributed by atoms with Gasteiger partial charge in [-0.3, -0.25) is 14.7 Å². The number of rotatable bonds is 8. The summed E-state index contributed by atoms with van der Waals surface area (Å²) in [4.78, 5) is 18.9. The van der Waals surface area contributed by atoms with Gasteiger partial charge in [-0.15, -0.1) is 0 Å². The summed E-state index contributed by atoms with van der Waals surface area (Å²) in [6, 6.07) is 21.0. The van der Waals surface area contributed by atoms with E-state index in [0.29, 0.717) is 13.2 Å². The van der Waals surface area contributed by atoms with Crippen molar-refractivity contribution in [2.75, 3.05) is 32.8 Å². The highest BCUT2D eigenvalue weighted by Crippen LogP contribution is 2.18. The zero-order valence-electron chi connectivity index (χ0n) is 16.4. The quantitative estimate of drug-likeness (QED) is 0.671. The van der Waals surface area contributed by atoms with Gasteiger partial charge in [-0.2, -0.15) is 0 Å². The predicted octanol–water partition coefficient (Wildman–Crippen LogP) is 4.20. The van der Waals surface area contributed by atoms with Gasteiger partial charge in [0.15, 0.2) is 0 Å². The Labute approximate surface area is 174 Å². The third-order valence-electron chi connectivity index (χ3n) is 5.48. The van der Waals surface area contributed by atoms with E-state index in [0.717, 1.165) is 32.7 Å². The fourth-order valence-electron chi connectivity index (χ4n) is 4.11. The van der Waals surface area contributed by atoms with Gasteiger partial charge in [-0.05, 0) is 37.1 Å². The Bertz CT molecular complexity index is 706. The number of hydrogen-bond acceptors (Lipinski definition) is 4. The van der Waals surface area contributed by atoms with E-state index in [4.69, 9.17) is 4.74 Å². The predicted molar refractivity (Wildman–Crippen MR) is 116 cm³/mol. The summed E-state index contributed by atoms with van der Waals surface area (Å²) >= 11 is 0. The molecule has 2 aromatic rings. The minimum atomic E-state index is -0.170. The maximum Gasteiger partial charge on any atom is 0.411 e. The molecule has 2 fully saturated rings. The molecular weight excluding hydrogens is 362 g/mol. The first-order valence-corrected chi connectivity index (χ1v) is 10.2. The fourth-order valence-corrected chi connectivity index (χ4v) is 4.11. The molecule has 0 unspecified atom stereocenters. The normalized spacial score (nSPS) is 19.4. The zero-order valence-corrected chi connectivity index (χ0v) is 16.4. The lowest BCUT2D eigenvalue weighted by Crippen LogP contribution is -2.38. The van der Waals surface area contributed by atoms with Gasteiger partial charge in [0.05, 0.1) is 13.2 Å². The van der Waals surface area contributed by atoms with Crippen molar-refractivity contribution in [1.29, 1.82) is 0 Å². The molecule has 5 heteroatoms. The van der Waals surface area contributed by atoms with E-state index in [2.05, 4.69) is 58.3 Å². The van der Waals surface area contributed by atoms with E-state index in [1.54, 1.807) is 0 Å². The van der Waals surface area contributed by atoms with Gasteiger partial charge in [0.25, 0.3) is 0 Å². The maximum atomic E-state index is 12.3. The monoisotopic (exact) mass is 395 g/mol. The van der Waals surface area contributed by atoms with Crippen molar-refractivity contribution in [3.63, 3.8) is 0 Å². The fraction of sp³-hybridized carbons (Fsp3) is 0.458. The Morgan fingerprint density at radius 2 is 1.45 bits per heavy atom. The molecule has 0 N–H and O–H groups in total. The molecule has 2 heterocycles. The molecule has 0 radical (unpaired) electrons. The number of carbonyl (C=O) groups is 1. The number of hydrogen-bond donors (Lipinski definition) is 0. The molecule has 0 bridgehead atoms. The molecule has 1 atom stereocenters.